The lowest BCUT2D eigenvalue weighted by Gasteiger charge is -2.46. The van der Waals surface area contributed by atoms with Gasteiger partial charge in [-0.05, 0) is 19.4 Å². The Hall–Kier alpha value is -1.21. The molecular formula is C26H48N2O17. The standard InChI is InChI=1S/C26H48N2O17/c27-5-3-1-2-4-14(31)28-6-7-40-25-22(39)23(45-26-21(38)19(36)16(33)12(9-30)43-26)17(34)13(44-25)10-41-24-20(37)18(35)15(32)11(8-29)42-24/h11-13,15-26,29-30,32-39H,1-10,27H2,(H,28,31)/t11-,12-,13-,15-,16-,17-,18+,19+,20+,21+,22+,23+,24+,25-,26-/m1/s1. The summed E-state index contributed by atoms with van der Waals surface area (Å²) in [5, 5.41) is 105. The van der Waals surface area contributed by atoms with E-state index in [9.17, 15) is 55.9 Å². The molecule has 19 heteroatoms. The number of nitrogens with two attached hydrogens (primary N) is 1. The van der Waals surface area contributed by atoms with Gasteiger partial charge in [-0.3, -0.25) is 4.79 Å². The average Bonchev–Trinajstić information content (AvgIpc) is 3.03. The van der Waals surface area contributed by atoms with Crippen molar-refractivity contribution in [3.63, 3.8) is 0 Å². The van der Waals surface area contributed by atoms with Crippen LogP contribution in [0, 0.1) is 0 Å². The zero-order valence-corrected chi connectivity index (χ0v) is 24.6. The first kappa shape index (κ1) is 38.2. The molecule has 3 heterocycles. The van der Waals surface area contributed by atoms with Crippen LogP contribution in [0.1, 0.15) is 25.7 Å². The molecule has 45 heavy (non-hydrogen) atoms. The van der Waals surface area contributed by atoms with Gasteiger partial charge in [-0.2, -0.15) is 0 Å². The van der Waals surface area contributed by atoms with Crippen molar-refractivity contribution >= 4 is 5.91 Å². The van der Waals surface area contributed by atoms with Gasteiger partial charge in [0.2, 0.25) is 5.91 Å². The maximum atomic E-state index is 12.0. The topological polar surface area (TPSA) is 313 Å². The molecular weight excluding hydrogens is 612 g/mol. The van der Waals surface area contributed by atoms with E-state index in [1.807, 2.05) is 0 Å². The number of unbranched alkanes of at least 4 members (excludes halogenated alkanes) is 2. The van der Waals surface area contributed by atoms with Crippen LogP contribution in [0.2, 0.25) is 0 Å². The Morgan fingerprint density at radius 2 is 1.20 bits per heavy atom. The van der Waals surface area contributed by atoms with E-state index in [1.54, 1.807) is 0 Å². The molecule has 0 saturated carbocycles. The third kappa shape index (κ3) is 9.90. The van der Waals surface area contributed by atoms with Gasteiger partial charge in [0.15, 0.2) is 18.9 Å². The Labute approximate surface area is 259 Å². The lowest BCUT2D eigenvalue weighted by atomic mass is 9.96. The monoisotopic (exact) mass is 660 g/mol. The Morgan fingerprint density at radius 3 is 1.80 bits per heavy atom. The van der Waals surface area contributed by atoms with Crippen LogP contribution >= 0.6 is 0 Å². The molecule has 0 aromatic rings. The molecule has 0 unspecified atom stereocenters. The van der Waals surface area contributed by atoms with Gasteiger partial charge in [-0.25, -0.2) is 0 Å². The molecule has 0 radical (unpaired) electrons. The van der Waals surface area contributed by atoms with E-state index in [1.165, 1.54) is 0 Å². The van der Waals surface area contributed by atoms with Crippen LogP contribution in [0.15, 0.2) is 0 Å². The van der Waals surface area contributed by atoms with E-state index < -0.39 is 112 Å². The predicted octanol–water partition coefficient (Wildman–Crippen LogP) is -6.91. The highest BCUT2D eigenvalue weighted by Gasteiger charge is 2.52. The number of aliphatic hydroxyl groups is 10. The predicted molar refractivity (Wildman–Crippen MR) is 146 cm³/mol. The normalized spacial score (nSPS) is 42.4. The maximum Gasteiger partial charge on any atom is 0.220 e. The summed E-state index contributed by atoms with van der Waals surface area (Å²) in [5.41, 5.74) is 5.44. The van der Waals surface area contributed by atoms with Gasteiger partial charge in [0.1, 0.15) is 73.2 Å². The Balaban J connectivity index is 1.68. The van der Waals surface area contributed by atoms with Crippen LogP contribution in [0.4, 0.5) is 0 Å². The van der Waals surface area contributed by atoms with Gasteiger partial charge in [-0.1, -0.05) is 6.42 Å². The molecule has 13 N–H and O–H groups in total. The van der Waals surface area contributed by atoms with E-state index in [0.717, 1.165) is 12.8 Å². The van der Waals surface area contributed by atoms with Crippen LogP contribution in [-0.4, -0.2) is 189 Å². The Kier molecular flexibility index (Phi) is 15.6. The molecule has 3 fully saturated rings. The third-order valence-electron chi connectivity index (χ3n) is 7.87. The number of carbonyl (C=O) groups excluding carboxylic acids is 1. The van der Waals surface area contributed by atoms with Crippen LogP contribution in [-0.2, 0) is 33.2 Å². The molecule has 0 spiro atoms. The molecule has 3 saturated heterocycles. The zero-order chi connectivity index (χ0) is 33.3. The van der Waals surface area contributed by atoms with Crippen molar-refractivity contribution < 1.29 is 84.3 Å². The smallest absolute Gasteiger partial charge is 0.220 e. The van der Waals surface area contributed by atoms with Gasteiger partial charge < -0.3 is 90.5 Å². The number of hydrogen-bond donors (Lipinski definition) is 12. The average molecular weight is 661 g/mol. The van der Waals surface area contributed by atoms with Gasteiger partial charge in [-0.15, -0.1) is 0 Å². The number of carbonyl (C=O) groups is 1. The van der Waals surface area contributed by atoms with Crippen LogP contribution in [0.25, 0.3) is 0 Å². The fourth-order valence-electron chi connectivity index (χ4n) is 5.13. The summed E-state index contributed by atoms with van der Waals surface area (Å²) >= 11 is 0. The molecule has 3 rings (SSSR count). The molecule has 3 aliphatic rings. The molecule has 0 aromatic heterocycles. The van der Waals surface area contributed by atoms with Crippen molar-refractivity contribution in [2.75, 3.05) is 39.5 Å². The second-order valence-corrected chi connectivity index (χ2v) is 11.2. The largest absolute Gasteiger partial charge is 0.394 e. The van der Waals surface area contributed by atoms with Crippen molar-refractivity contribution in [2.24, 2.45) is 5.73 Å². The highest BCUT2D eigenvalue weighted by Crippen LogP contribution is 2.31. The third-order valence-corrected chi connectivity index (χ3v) is 7.87. The minimum absolute atomic E-state index is 0.0229. The summed E-state index contributed by atoms with van der Waals surface area (Å²) in [6, 6.07) is 0. The van der Waals surface area contributed by atoms with Crippen LogP contribution in [0.5, 0.6) is 0 Å². The summed E-state index contributed by atoms with van der Waals surface area (Å²) in [4.78, 5) is 12.0. The molecule has 19 nitrogen and oxygen atoms in total. The molecule has 0 aliphatic carbocycles. The van der Waals surface area contributed by atoms with E-state index >= 15 is 0 Å². The SMILES string of the molecule is NCCCCCC(=O)NCCO[C@@H]1O[C@H](CO[C@H]2O[C@H](CO)[C@@H](O)[C@H](O)[C@@H]2O)[C@@H](O)[C@H](O[C@H]2O[C@H](CO)[C@@H](O)[C@H](O)[C@@H]2O)[C@@H]1O. The minimum atomic E-state index is -1.87. The zero-order valence-electron chi connectivity index (χ0n) is 24.6. The van der Waals surface area contributed by atoms with E-state index in [2.05, 4.69) is 5.32 Å². The van der Waals surface area contributed by atoms with Crippen LogP contribution in [0.3, 0.4) is 0 Å². The molecule has 3 aliphatic heterocycles. The Morgan fingerprint density at radius 1 is 0.644 bits per heavy atom. The number of amides is 1. The highest BCUT2D eigenvalue weighted by atomic mass is 16.7. The summed E-state index contributed by atoms with van der Waals surface area (Å²) in [6.07, 6.45) is -22.1. The number of rotatable bonds is 16. The van der Waals surface area contributed by atoms with E-state index in [4.69, 9.17) is 34.2 Å². The maximum absolute atomic E-state index is 12.0. The minimum Gasteiger partial charge on any atom is -0.394 e. The fraction of sp³-hybridized carbons (Fsp3) is 0.962. The quantitative estimate of drug-likeness (QED) is 0.0684. The fourth-order valence-corrected chi connectivity index (χ4v) is 5.13. The van der Waals surface area contributed by atoms with Gasteiger partial charge >= 0.3 is 0 Å². The summed E-state index contributed by atoms with van der Waals surface area (Å²) < 4.78 is 33.0. The van der Waals surface area contributed by atoms with Crippen molar-refractivity contribution in [3.8, 4) is 0 Å². The molecule has 0 aromatic carbocycles. The number of hydrogen-bond acceptors (Lipinski definition) is 18. The van der Waals surface area contributed by atoms with Gasteiger partial charge in [0.05, 0.1) is 26.4 Å². The van der Waals surface area contributed by atoms with Gasteiger partial charge in [0, 0.05) is 13.0 Å². The second kappa shape index (κ2) is 18.4. The highest BCUT2D eigenvalue weighted by molar-refractivity contribution is 5.75. The van der Waals surface area contributed by atoms with Crippen molar-refractivity contribution in [3.05, 3.63) is 0 Å². The van der Waals surface area contributed by atoms with Crippen molar-refractivity contribution in [1.82, 2.24) is 5.32 Å². The van der Waals surface area contributed by atoms with Crippen molar-refractivity contribution in [2.45, 2.75) is 118 Å². The molecule has 264 valence electrons. The van der Waals surface area contributed by atoms with Crippen molar-refractivity contribution in [1.29, 1.82) is 0 Å². The van der Waals surface area contributed by atoms with E-state index in [0.29, 0.717) is 13.0 Å². The number of ether oxygens (including phenoxy) is 6. The van der Waals surface area contributed by atoms with Crippen LogP contribution < -0.4 is 11.1 Å². The number of nitrogens with one attached hydrogen (secondary N) is 1. The molecule has 0 bridgehead atoms. The second-order valence-electron chi connectivity index (χ2n) is 11.2. The summed E-state index contributed by atoms with van der Waals surface area (Å²) in [5.74, 6) is -0.231. The number of aliphatic hydroxyl groups excluding tert-OH is 10. The molecule has 1 amide bonds. The van der Waals surface area contributed by atoms with E-state index in [-0.39, 0.29) is 25.5 Å². The lowest BCUT2D eigenvalue weighted by Crippen LogP contribution is -2.65. The molecule has 15 atom stereocenters. The summed E-state index contributed by atoms with van der Waals surface area (Å²) in [7, 11) is 0. The first-order valence-electron chi connectivity index (χ1n) is 14.9. The van der Waals surface area contributed by atoms with Gasteiger partial charge in [0.25, 0.3) is 0 Å². The summed E-state index contributed by atoms with van der Waals surface area (Å²) in [6.45, 7) is -1.68. The first-order valence-corrected chi connectivity index (χ1v) is 14.9. The Bertz CT molecular complexity index is 873. The first-order chi connectivity index (χ1) is 21.4. The lowest BCUT2D eigenvalue weighted by molar-refractivity contribution is -0.366.